The van der Waals surface area contributed by atoms with Gasteiger partial charge in [0.1, 0.15) is 5.82 Å². The molecule has 3 heterocycles. The van der Waals surface area contributed by atoms with Crippen LogP contribution in [0.1, 0.15) is 5.56 Å². The topological polar surface area (TPSA) is 67.1 Å². The number of nitrogens with zero attached hydrogens (tertiary/aromatic N) is 3. The SMILES string of the molecule is NCc1ccc(-c2nc3ccnc(N4CCNCC4)c3cc2-c2ccccc2)cc1. The van der Waals surface area contributed by atoms with Crippen LogP contribution < -0.4 is 16.0 Å². The van der Waals surface area contributed by atoms with E-state index in [0.717, 1.165) is 70.8 Å². The first-order chi connectivity index (χ1) is 14.8. The Morgan fingerprint density at radius 1 is 0.900 bits per heavy atom. The van der Waals surface area contributed by atoms with Crippen LogP contribution in [0.5, 0.6) is 0 Å². The van der Waals surface area contributed by atoms with E-state index < -0.39 is 0 Å². The quantitative estimate of drug-likeness (QED) is 0.550. The maximum absolute atomic E-state index is 5.79. The van der Waals surface area contributed by atoms with Gasteiger partial charge in [-0.15, -0.1) is 0 Å². The van der Waals surface area contributed by atoms with Gasteiger partial charge in [-0.05, 0) is 23.3 Å². The van der Waals surface area contributed by atoms with Gasteiger partial charge in [0.15, 0.2) is 0 Å². The molecule has 0 radical (unpaired) electrons. The van der Waals surface area contributed by atoms with Crippen LogP contribution in [-0.4, -0.2) is 36.1 Å². The molecule has 0 spiro atoms. The van der Waals surface area contributed by atoms with Gasteiger partial charge >= 0.3 is 0 Å². The number of pyridine rings is 2. The van der Waals surface area contributed by atoms with Crippen LogP contribution in [-0.2, 0) is 6.54 Å². The highest BCUT2D eigenvalue weighted by Gasteiger charge is 2.18. The van der Waals surface area contributed by atoms with Crippen LogP contribution in [0, 0.1) is 0 Å². The Labute approximate surface area is 176 Å². The number of hydrogen-bond donors (Lipinski definition) is 2. The molecule has 2 aromatic carbocycles. The van der Waals surface area contributed by atoms with Gasteiger partial charge in [-0.3, -0.25) is 0 Å². The van der Waals surface area contributed by atoms with Crippen molar-refractivity contribution in [2.45, 2.75) is 6.54 Å². The first-order valence-electron chi connectivity index (χ1n) is 10.4. The number of rotatable bonds is 4. The van der Waals surface area contributed by atoms with Gasteiger partial charge in [0.05, 0.1) is 11.2 Å². The number of fused-ring (bicyclic) bond motifs is 1. The molecule has 30 heavy (non-hydrogen) atoms. The summed E-state index contributed by atoms with van der Waals surface area (Å²) in [7, 11) is 0. The average Bonchev–Trinajstić information content (AvgIpc) is 2.84. The normalized spacial score (nSPS) is 14.2. The number of nitrogens with one attached hydrogen (secondary N) is 1. The van der Waals surface area contributed by atoms with Crippen LogP contribution in [0.15, 0.2) is 72.9 Å². The average molecular weight is 396 g/mol. The lowest BCUT2D eigenvalue weighted by Gasteiger charge is -2.29. The summed E-state index contributed by atoms with van der Waals surface area (Å²) in [5, 5.41) is 4.51. The zero-order chi connectivity index (χ0) is 20.3. The smallest absolute Gasteiger partial charge is 0.138 e. The van der Waals surface area contributed by atoms with E-state index >= 15 is 0 Å². The van der Waals surface area contributed by atoms with Crippen molar-refractivity contribution in [3.63, 3.8) is 0 Å². The highest BCUT2D eigenvalue weighted by atomic mass is 15.2. The van der Waals surface area contributed by atoms with E-state index in [0.29, 0.717) is 6.54 Å². The highest BCUT2D eigenvalue weighted by molar-refractivity contribution is 5.97. The summed E-state index contributed by atoms with van der Waals surface area (Å²) in [4.78, 5) is 12.2. The molecule has 3 N–H and O–H groups in total. The van der Waals surface area contributed by atoms with Gasteiger partial charge in [-0.2, -0.15) is 0 Å². The molecular weight excluding hydrogens is 370 g/mol. The Bertz CT molecular complexity index is 1150. The summed E-state index contributed by atoms with van der Waals surface area (Å²) in [6.07, 6.45) is 1.87. The third-order valence-corrected chi connectivity index (χ3v) is 5.69. The Morgan fingerprint density at radius 2 is 1.67 bits per heavy atom. The summed E-state index contributed by atoms with van der Waals surface area (Å²) in [5.74, 6) is 1.02. The number of aromatic nitrogens is 2. The molecule has 1 aliphatic heterocycles. The minimum atomic E-state index is 0.538. The van der Waals surface area contributed by atoms with Crippen LogP contribution in [0.2, 0.25) is 0 Å². The number of anilines is 1. The largest absolute Gasteiger partial charge is 0.354 e. The molecular formula is C25H25N5. The Balaban J connectivity index is 1.72. The first-order valence-corrected chi connectivity index (χ1v) is 10.4. The number of nitrogens with two attached hydrogens (primary N) is 1. The monoisotopic (exact) mass is 395 g/mol. The predicted octanol–water partition coefficient (Wildman–Crippen LogP) is 3.83. The van der Waals surface area contributed by atoms with Crippen molar-refractivity contribution in [3.8, 4) is 22.4 Å². The third-order valence-electron chi connectivity index (χ3n) is 5.69. The maximum Gasteiger partial charge on any atom is 0.138 e. The molecule has 1 aliphatic rings. The van der Waals surface area contributed by atoms with Crippen molar-refractivity contribution in [3.05, 3.63) is 78.5 Å². The van der Waals surface area contributed by atoms with Crippen molar-refractivity contribution in [2.24, 2.45) is 5.73 Å². The Kier molecular flexibility index (Phi) is 5.13. The number of hydrogen-bond acceptors (Lipinski definition) is 5. The van der Waals surface area contributed by atoms with Crippen LogP contribution >= 0.6 is 0 Å². The van der Waals surface area contributed by atoms with Crippen molar-refractivity contribution < 1.29 is 0 Å². The molecule has 0 atom stereocenters. The van der Waals surface area contributed by atoms with E-state index in [1.54, 1.807) is 0 Å². The molecule has 4 aromatic rings. The fourth-order valence-corrected chi connectivity index (χ4v) is 4.07. The predicted molar refractivity (Wildman–Crippen MR) is 123 cm³/mol. The van der Waals surface area contributed by atoms with Gasteiger partial charge < -0.3 is 16.0 Å². The third kappa shape index (κ3) is 3.54. The molecule has 1 saturated heterocycles. The molecule has 0 bridgehead atoms. The van der Waals surface area contributed by atoms with Crippen molar-refractivity contribution in [2.75, 3.05) is 31.1 Å². The van der Waals surface area contributed by atoms with Gasteiger partial charge in [-0.25, -0.2) is 9.97 Å². The summed E-state index contributed by atoms with van der Waals surface area (Å²) < 4.78 is 0. The van der Waals surface area contributed by atoms with Crippen LogP contribution in [0.25, 0.3) is 33.3 Å². The van der Waals surface area contributed by atoms with Crippen molar-refractivity contribution in [1.29, 1.82) is 0 Å². The van der Waals surface area contributed by atoms with E-state index in [2.05, 4.69) is 64.8 Å². The minimum absolute atomic E-state index is 0.538. The van der Waals surface area contributed by atoms with E-state index in [1.807, 2.05) is 18.3 Å². The molecule has 5 rings (SSSR count). The molecule has 0 aliphatic carbocycles. The number of benzene rings is 2. The molecule has 0 unspecified atom stereocenters. The zero-order valence-corrected chi connectivity index (χ0v) is 16.9. The van der Waals surface area contributed by atoms with Crippen LogP contribution in [0.4, 0.5) is 5.82 Å². The molecule has 0 saturated carbocycles. The van der Waals surface area contributed by atoms with E-state index in [1.165, 1.54) is 0 Å². The first kappa shape index (κ1) is 18.7. The minimum Gasteiger partial charge on any atom is -0.354 e. The molecule has 2 aromatic heterocycles. The highest BCUT2D eigenvalue weighted by Crippen LogP contribution is 2.36. The summed E-state index contributed by atoms with van der Waals surface area (Å²) >= 11 is 0. The fourth-order valence-electron chi connectivity index (χ4n) is 4.07. The zero-order valence-electron chi connectivity index (χ0n) is 16.9. The van der Waals surface area contributed by atoms with Crippen molar-refractivity contribution in [1.82, 2.24) is 15.3 Å². The van der Waals surface area contributed by atoms with E-state index in [-0.39, 0.29) is 0 Å². The Morgan fingerprint density at radius 3 is 2.40 bits per heavy atom. The summed E-state index contributed by atoms with van der Waals surface area (Å²) in [6, 6.07) is 23.1. The second-order valence-corrected chi connectivity index (χ2v) is 7.59. The van der Waals surface area contributed by atoms with Gasteiger partial charge in [-0.1, -0.05) is 54.6 Å². The van der Waals surface area contributed by atoms with Crippen molar-refractivity contribution >= 4 is 16.7 Å². The molecule has 5 heteroatoms. The number of piperazine rings is 1. The van der Waals surface area contributed by atoms with Crippen LogP contribution in [0.3, 0.4) is 0 Å². The van der Waals surface area contributed by atoms with Gasteiger partial charge in [0.25, 0.3) is 0 Å². The second kappa shape index (κ2) is 8.22. The van der Waals surface area contributed by atoms with E-state index in [9.17, 15) is 0 Å². The lowest BCUT2D eigenvalue weighted by Crippen LogP contribution is -2.44. The van der Waals surface area contributed by atoms with Gasteiger partial charge in [0, 0.05) is 55.4 Å². The molecule has 1 fully saturated rings. The maximum atomic E-state index is 5.79. The second-order valence-electron chi connectivity index (χ2n) is 7.59. The summed E-state index contributed by atoms with van der Waals surface area (Å²) in [6.45, 7) is 4.39. The fraction of sp³-hybridized carbons (Fsp3) is 0.200. The lowest BCUT2D eigenvalue weighted by molar-refractivity contribution is 0.586. The molecule has 5 nitrogen and oxygen atoms in total. The molecule has 0 amide bonds. The Hall–Kier alpha value is -3.28. The lowest BCUT2D eigenvalue weighted by atomic mass is 9.97. The standard InChI is InChI=1S/C25H25N5/c26-17-18-6-8-20(9-7-18)24-21(19-4-2-1-3-5-19)16-22-23(29-24)10-11-28-25(22)30-14-12-27-13-15-30/h1-11,16,27H,12-15,17,26H2. The van der Waals surface area contributed by atoms with Gasteiger partial charge in [0.2, 0.25) is 0 Å². The molecule has 150 valence electrons. The summed E-state index contributed by atoms with van der Waals surface area (Å²) in [5.41, 5.74) is 12.2. The van der Waals surface area contributed by atoms with E-state index in [4.69, 9.17) is 15.7 Å².